The summed E-state index contributed by atoms with van der Waals surface area (Å²) in [5.74, 6) is -4.63. The smallest absolute Gasteiger partial charge is 0.326 e. The van der Waals surface area contributed by atoms with Gasteiger partial charge in [-0.2, -0.15) is 8.78 Å². The molecule has 1 aliphatic heterocycles. The summed E-state index contributed by atoms with van der Waals surface area (Å²) in [6.07, 6.45) is 0.940. The number of nitrogens with one attached hydrogen (secondary N) is 1. The highest BCUT2D eigenvalue weighted by molar-refractivity contribution is 7.91. The van der Waals surface area contributed by atoms with Crippen LogP contribution in [0.4, 0.5) is 20.2 Å². The van der Waals surface area contributed by atoms with Crippen LogP contribution in [0, 0.1) is 5.92 Å². The van der Waals surface area contributed by atoms with Crippen LogP contribution in [0.1, 0.15) is 18.9 Å². The Morgan fingerprint density at radius 3 is 2.31 bits per heavy atom. The molecule has 0 unspecified atom stereocenters. The van der Waals surface area contributed by atoms with Gasteiger partial charge in [0.2, 0.25) is 21.7 Å². The maximum absolute atomic E-state index is 12.6. The van der Waals surface area contributed by atoms with E-state index in [9.17, 15) is 26.8 Å². The molecule has 1 fully saturated rings. The Bertz CT molecular complexity index is 1010. The first kappa shape index (κ1) is 20.9. The summed E-state index contributed by atoms with van der Waals surface area (Å²) in [4.78, 5) is 25.9. The molecule has 0 bridgehead atoms. The number of sulfone groups is 1. The van der Waals surface area contributed by atoms with Gasteiger partial charge < -0.3 is 10.2 Å². The summed E-state index contributed by atoms with van der Waals surface area (Å²) < 4.78 is 48.0. The highest BCUT2D eigenvalue weighted by Gasteiger charge is 2.35. The minimum absolute atomic E-state index is 0.0548. The summed E-state index contributed by atoms with van der Waals surface area (Å²) >= 11 is 0. The molecule has 1 saturated heterocycles. The third-order valence-electron chi connectivity index (χ3n) is 4.84. The van der Waals surface area contributed by atoms with Crippen molar-refractivity contribution in [2.24, 2.45) is 5.92 Å². The number of benzene rings is 2. The normalized spacial score (nSPS) is 17.0. The van der Waals surface area contributed by atoms with Gasteiger partial charge in [-0.1, -0.05) is 19.1 Å². The molecule has 0 aromatic heterocycles. The number of nitrogens with zero attached hydrogens (tertiary/aromatic N) is 1. The molecule has 1 heterocycles. The minimum Gasteiger partial charge on any atom is -0.326 e. The van der Waals surface area contributed by atoms with E-state index in [4.69, 9.17) is 0 Å². The molecular formula is C20H20F2N2O4S. The maximum atomic E-state index is 12.6. The van der Waals surface area contributed by atoms with Crippen LogP contribution < -0.4 is 10.2 Å². The van der Waals surface area contributed by atoms with Gasteiger partial charge in [-0.15, -0.1) is 0 Å². The average Bonchev–Trinajstić information content (AvgIpc) is 3.10. The first-order chi connectivity index (χ1) is 13.7. The van der Waals surface area contributed by atoms with E-state index in [0.29, 0.717) is 0 Å². The van der Waals surface area contributed by atoms with E-state index in [1.807, 2.05) is 31.2 Å². The Balaban J connectivity index is 1.66. The summed E-state index contributed by atoms with van der Waals surface area (Å²) in [6.45, 7) is 2.26. The number of hydrogen-bond donors (Lipinski definition) is 1. The van der Waals surface area contributed by atoms with Crippen LogP contribution in [0.25, 0.3) is 0 Å². The van der Waals surface area contributed by atoms with E-state index >= 15 is 0 Å². The van der Waals surface area contributed by atoms with Crippen molar-refractivity contribution in [2.45, 2.75) is 30.4 Å². The number of carbonyl (C=O) groups is 2. The molecule has 2 aromatic rings. The quantitative estimate of drug-likeness (QED) is 0.775. The molecule has 0 aliphatic carbocycles. The molecule has 29 heavy (non-hydrogen) atoms. The Kier molecular flexibility index (Phi) is 5.97. The lowest BCUT2D eigenvalue weighted by Crippen LogP contribution is -2.28. The van der Waals surface area contributed by atoms with Gasteiger partial charge in [-0.3, -0.25) is 9.59 Å². The number of aryl methyl sites for hydroxylation is 1. The molecule has 1 atom stereocenters. The Morgan fingerprint density at radius 1 is 1.14 bits per heavy atom. The fourth-order valence-corrected chi connectivity index (χ4v) is 3.84. The molecule has 1 aliphatic rings. The lowest BCUT2D eigenvalue weighted by molar-refractivity contribution is -0.122. The van der Waals surface area contributed by atoms with E-state index in [1.165, 1.54) is 12.1 Å². The Labute approximate surface area is 167 Å². The van der Waals surface area contributed by atoms with Crippen LogP contribution in [0.15, 0.2) is 53.4 Å². The molecule has 2 amide bonds. The van der Waals surface area contributed by atoms with Gasteiger partial charge >= 0.3 is 5.76 Å². The molecule has 0 spiro atoms. The largest absolute Gasteiger partial charge is 0.341 e. The predicted molar refractivity (Wildman–Crippen MR) is 105 cm³/mol. The highest BCUT2D eigenvalue weighted by atomic mass is 32.2. The van der Waals surface area contributed by atoms with Crippen molar-refractivity contribution in [3.8, 4) is 0 Å². The summed E-state index contributed by atoms with van der Waals surface area (Å²) in [7, 11) is -4.69. The van der Waals surface area contributed by atoms with Gasteiger partial charge in [-0.05, 0) is 48.4 Å². The van der Waals surface area contributed by atoms with Crippen molar-refractivity contribution in [3.63, 3.8) is 0 Å². The number of carbonyl (C=O) groups excluding carboxylic acids is 2. The minimum atomic E-state index is -4.69. The monoisotopic (exact) mass is 422 g/mol. The van der Waals surface area contributed by atoms with E-state index in [0.717, 1.165) is 29.8 Å². The Hall–Kier alpha value is -2.81. The SMILES string of the molecule is CCc1ccc(N2C[C@H](C(=O)Nc3ccc(S(=O)(=O)C(F)F)cc3)CC2=O)cc1. The second kappa shape index (κ2) is 8.28. The van der Waals surface area contributed by atoms with E-state index in [1.54, 1.807) is 4.90 Å². The highest BCUT2D eigenvalue weighted by Crippen LogP contribution is 2.27. The maximum Gasteiger partial charge on any atom is 0.341 e. The van der Waals surface area contributed by atoms with Crippen molar-refractivity contribution >= 4 is 33.0 Å². The second-order valence-electron chi connectivity index (χ2n) is 6.74. The molecular weight excluding hydrogens is 402 g/mol. The van der Waals surface area contributed by atoms with Crippen LogP contribution in [-0.2, 0) is 25.8 Å². The lowest BCUT2D eigenvalue weighted by atomic mass is 10.1. The topological polar surface area (TPSA) is 83.6 Å². The molecule has 154 valence electrons. The van der Waals surface area contributed by atoms with Crippen molar-refractivity contribution in [3.05, 3.63) is 54.1 Å². The fourth-order valence-electron chi connectivity index (χ4n) is 3.12. The standard InChI is InChI=1S/C20H20F2N2O4S/c1-2-13-3-7-16(8-4-13)24-12-14(11-18(24)25)19(26)23-15-5-9-17(10-6-15)29(27,28)20(21)22/h3-10,14,20H,2,11-12H2,1H3,(H,23,26)/t14-/m1/s1. The molecule has 9 heteroatoms. The third kappa shape index (κ3) is 4.45. The number of alkyl halides is 2. The summed E-state index contributed by atoms with van der Waals surface area (Å²) in [5.41, 5.74) is 2.14. The molecule has 1 N–H and O–H groups in total. The molecule has 6 nitrogen and oxygen atoms in total. The van der Waals surface area contributed by atoms with Crippen LogP contribution >= 0.6 is 0 Å². The van der Waals surface area contributed by atoms with Crippen LogP contribution in [0.2, 0.25) is 0 Å². The van der Waals surface area contributed by atoms with Crippen LogP contribution in [-0.4, -0.2) is 32.5 Å². The lowest BCUT2D eigenvalue weighted by Gasteiger charge is -2.17. The second-order valence-corrected chi connectivity index (χ2v) is 8.66. The zero-order valence-corrected chi connectivity index (χ0v) is 16.5. The van der Waals surface area contributed by atoms with Crippen LogP contribution in [0.3, 0.4) is 0 Å². The van der Waals surface area contributed by atoms with E-state index in [2.05, 4.69) is 5.32 Å². The summed E-state index contributed by atoms with van der Waals surface area (Å²) in [6, 6.07) is 12.1. The number of amides is 2. The fraction of sp³-hybridized carbons (Fsp3) is 0.300. The van der Waals surface area contributed by atoms with Gasteiger partial charge in [0.25, 0.3) is 0 Å². The first-order valence-corrected chi connectivity index (χ1v) is 10.6. The number of halogens is 2. The number of anilines is 2. The van der Waals surface area contributed by atoms with Gasteiger partial charge in [0, 0.05) is 24.3 Å². The first-order valence-electron chi connectivity index (χ1n) is 9.04. The zero-order chi connectivity index (χ0) is 21.2. The molecule has 2 aromatic carbocycles. The zero-order valence-electron chi connectivity index (χ0n) is 15.6. The van der Waals surface area contributed by atoms with Crippen LogP contribution in [0.5, 0.6) is 0 Å². The van der Waals surface area contributed by atoms with Gasteiger partial charge in [0.1, 0.15) is 0 Å². The Morgan fingerprint density at radius 2 is 1.76 bits per heavy atom. The third-order valence-corrected chi connectivity index (χ3v) is 6.24. The van der Waals surface area contributed by atoms with E-state index < -0.39 is 32.3 Å². The summed E-state index contributed by atoms with van der Waals surface area (Å²) in [5, 5.41) is 2.60. The molecule has 0 radical (unpaired) electrons. The average molecular weight is 422 g/mol. The van der Waals surface area contributed by atoms with Gasteiger partial charge in [0.15, 0.2) is 0 Å². The van der Waals surface area contributed by atoms with Crippen molar-refractivity contribution in [1.29, 1.82) is 0 Å². The predicted octanol–water partition coefficient (Wildman–Crippen LogP) is 3.24. The number of hydrogen-bond acceptors (Lipinski definition) is 4. The van der Waals surface area contributed by atoms with Gasteiger partial charge in [-0.25, -0.2) is 8.42 Å². The van der Waals surface area contributed by atoms with Crippen molar-refractivity contribution in [1.82, 2.24) is 0 Å². The van der Waals surface area contributed by atoms with Crippen molar-refractivity contribution in [2.75, 3.05) is 16.8 Å². The van der Waals surface area contributed by atoms with Gasteiger partial charge in [0.05, 0.1) is 10.8 Å². The molecule has 3 rings (SSSR count). The van der Waals surface area contributed by atoms with Crippen molar-refractivity contribution < 1.29 is 26.8 Å². The molecule has 0 saturated carbocycles. The number of rotatable bonds is 6. The van der Waals surface area contributed by atoms with E-state index in [-0.39, 0.29) is 24.6 Å².